The number of benzene rings is 1. The Hall–Kier alpha value is -1.06. The number of methoxy groups -OCH3 is 1. The zero-order chi connectivity index (χ0) is 20.0. The molecule has 7 nitrogen and oxygen atoms in total. The average molecular weight is 454 g/mol. The highest BCUT2D eigenvalue weighted by atomic mass is 35.5. The van der Waals surface area contributed by atoms with E-state index < -0.39 is 10.0 Å². The molecule has 1 saturated heterocycles. The first kappa shape index (κ1) is 25.0. The fourth-order valence-corrected chi connectivity index (χ4v) is 4.29. The quantitative estimate of drug-likeness (QED) is 0.338. The minimum atomic E-state index is -3.14. The molecule has 160 valence electrons. The fraction of sp³-hybridized carbons (Fsp3) is 0.611. The van der Waals surface area contributed by atoms with Gasteiger partial charge in [0.25, 0.3) is 0 Å². The molecule has 1 aromatic rings. The summed E-state index contributed by atoms with van der Waals surface area (Å²) in [5.74, 6) is 0.437. The van der Waals surface area contributed by atoms with E-state index in [4.69, 9.17) is 22.1 Å². The number of halogens is 2. The molecule has 28 heavy (non-hydrogen) atoms. The number of nitrogen functional groups attached to an aromatic ring is 1. The number of ketones is 1. The van der Waals surface area contributed by atoms with Crippen molar-refractivity contribution in [3.8, 4) is 5.75 Å². The summed E-state index contributed by atoms with van der Waals surface area (Å²) in [4.78, 5) is 14.8. The first-order valence-corrected chi connectivity index (χ1v) is 11.3. The van der Waals surface area contributed by atoms with E-state index in [1.807, 2.05) is 0 Å². The van der Waals surface area contributed by atoms with Crippen LogP contribution in [0.15, 0.2) is 12.1 Å². The molecule has 3 N–H and O–H groups in total. The first-order chi connectivity index (χ1) is 12.7. The van der Waals surface area contributed by atoms with Crippen LogP contribution in [0, 0.1) is 0 Å². The van der Waals surface area contributed by atoms with Crippen LogP contribution >= 0.6 is 24.0 Å². The van der Waals surface area contributed by atoms with E-state index in [0.717, 1.165) is 45.3 Å². The van der Waals surface area contributed by atoms with Crippen LogP contribution in [0.5, 0.6) is 5.75 Å². The van der Waals surface area contributed by atoms with Crippen molar-refractivity contribution in [2.45, 2.75) is 38.1 Å². The molecule has 0 saturated carbocycles. The van der Waals surface area contributed by atoms with Gasteiger partial charge in [-0.1, -0.05) is 11.6 Å². The zero-order valence-electron chi connectivity index (χ0n) is 16.2. The topological polar surface area (TPSA) is 102 Å². The highest BCUT2D eigenvalue weighted by Crippen LogP contribution is 2.30. The summed E-state index contributed by atoms with van der Waals surface area (Å²) in [5.41, 5.74) is 6.60. The smallest absolute Gasteiger partial charge is 0.208 e. The summed E-state index contributed by atoms with van der Waals surface area (Å²) in [6, 6.07) is 3.17. The van der Waals surface area contributed by atoms with Gasteiger partial charge in [0.05, 0.1) is 29.6 Å². The van der Waals surface area contributed by atoms with Crippen LogP contribution in [0.2, 0.25) is 5.02 Å². The second kappa shape index (κ2) is 11.2. The molecule has 0 radical (unpaired) electrons. The van der Waals surface area contributed by atoms with Crippen molar-refractivity contribution in [2.24, 2.45) is 0 Å². The van der Waals surface area contributed by atoms with Crippen LogP contribution < -0.4 is 15.2 Å². The highest BCUT2D eigenvalue weighted by Gasteiger charge is 2.21. The summed E-state index contributed by atoms with van der Waals surface area (Å²) in [6.07, 6.45) is 4.91. The third-order valence-corrected chi connectivity index (χ3v) is 5.80. The lowest BCUT2D eigenvalue weighted by Gasteiger charge is -2.31. The van der Waals surface area contributed by atoms with Gasteiger partial charge in [-0.3, -0.25) is 4.79 Å². The number of nitrogens with two attached hydrogens (primary N) is 1. The molecule has 0 spiro atoms. The molecule has 0 unspecified atom stereocenters. The molecule has 0 atom stereocenters. The number of carbonyl (C=O) groups excluding carboxylic acids is 1. The molecule has 1 fully saturated rings. The number of hydrogen-bond acceptors (Lipinski definition) is 6. The van der Waals surface area contributed by atoms with Crippen LogP contribution in [-0.4, -0.2) is 58.1 Å². The minimum Gasteiger partial charge on any atom is -0.496 e. The van der Waals surface area contributed by atoms with Crippen LogP contribution in [0.3, 0.4) is 0 Å². The Bertz CT molecular complexity index is 766. The molecule has 0 amide bonds. The van der Waals surface area contributed by atoms with Gasteiger partial charge in [0, 0.05) is 18.5 Å². The average Bonchev–Trinajstić information content (AvgIpc) is 2.60. The molecule has 10 heteroatoms. The monoisotopic (exact) mass is 453 g/mol. The summed E-state index contributed by atoms with van der Waals surface area (Å²) in [7, 11) is -1.64. The normalized spacial score (nSPS) is 15.8. The Labute approximate surface area is 178 Å². The molecule has 1 aromatic carbocycles. The van der Waals surface area contributed by atoms with Crippen LogP contribution in [-0.2, 0) is 10.0 Å². The molecule has 1 aliphatic heterocycles. The summed E-state index contributed by atoms with van der Waals surface area (Å²) >= 11 is 6.02. The van der Waals surface area contributed by atoms with Crippen molar-refractivity contribution in [1.82, 2.24) is 9.62 Å². The van der Waals surface area contributed by atoms with Crippen LogP contribution in [0.1, 0.15) is 42.5 Å². The van der Waals surface area contributed by atoms with Gasteiger partial charge in [0.2, 0.25) is 10.0 Å². The first-order valence-electron chi connectivity index (χ1n) is 9.05. The van der Waals surface area contributed by atoms with E-state index in [2.05, 4.69) is 9.62 Å². The van der Waals surface area contributed by atoms with Gasteiger partial charge in [-0.05, 0) is 51.4 Å². The number of sulfonamides is 1. The third-order valence-electron chi connectivity index (χ3n) is 4.72. The van der Waals surface area contributed by atoms with Gasteiger partial charge in [0.15, 0.2) is 5.78 Å². The molecule has 2 rings (SSSR count). The third kappa shape index (κ3) is 7.75. The molecular formula is C18H29Cl2N3O4S. The number of likely N-dealkylation sites (tertiary alicyclic amines) is 1. The van der Waals surface area contributed by atoms with Crippen molar-refractivity contribution >= 4 is 45.5 Å². The van der Waals surface area contributed by atoms with Crippen molar-refractivity contribution in [3.05, 3.63) is 22.7 Å². The van der Waals surface area contributed by atoms with Crippen LogP contribution in [0.25, 0.3) is 0 Å². The molecule has 0 aliphatic carbocycles. The number of piperidine rings is 1. The predicted molar refractivity (Wildman–Crippen MR) is 115 cm³/mol. The standard InChI is InChI=1S/C18H28ClN3O4S.ClH/c1-26-18-12-16(20)15(19)11-14(18)17(23)5-3-4-8-22-9-6-13(7-10-22)21-27(2,24)25;/h11-13,21H,3-10,20H2,1-2H3;1H. The number of rotatable bonds is 9. The van der Waals surface area contributed by atoms with Gasteiger partial charge in [-0.25, -0.2) is 13.1 Å². The number of anilines is 1. The van der Waals surface area contributed by atoms with Crippen molar-refractivity contribution in [1.29, 1.82) is 0 Å². The van der Waals surface area contributed by atoms with E-state index in [-0.39, 0.29) is 24.2 Å². The number of nitrogens with one attached hydrogen (secondary N) is 1. The van der Waals surface area contributed by atoms with Crippen molar-refractivity contribution in [3.63, 3.8) is 0 Å². The molecule has 1 aliphatic rings. The summed E-state index contributed by atoms with van der Waals surface area (Å²) in [6.45, 7) is 2.63. The second-order valence-corrected chi connectivity index (χ2v) is 9.15. The Morgan fingerprint density at radius 1 is 1.32 bits per heavy atom. The van der Waals surface area contributed by atoms with Gasteiger partial charge in [-0.2, -0.15) is 0 Å². The van der Waals surface area contributed by atoms with Crippen molar-refractivity contribution < 1.29 is 17.9 Å². The maximum Gasteiger partial charge on any atom is 0.208 e. The number of ether oxygens (including phenoxy) is 1. The van der Waals surface area contributed by atoms with Crippen molar-refractivity contribution in [2.75, 3.05) is 38.7 Å². The second-order valence-electron chi connectivity index (χ2n) is 6.96. The molecule has 0 aromatic heterocycles. The number of hydrogen-bond donors (Lipinski definition) is 2. The Morgan fingerprint density at radius 3 is 2.54 bits per heavy atom. The van der Waals surface area contributed by atoms with Gasteiger partial charge in [-0.15, -0.1) is 12.4 Å². The minimum absolute atomic E-state index is 0. The Kier molecular flexibility index (Phi) is 10.00. The molecular weight excluding hydrogens is 425 g/mol. The number of carbonyl (C=O) groups is 1. The lowest BCUT2D eigenvalue weighted by Crippen LogP contribution is -2.44. The SMILES string of the molecule is COc1cc(N)c(Cl)cc1C(=O)CCCCN1CCC(NS(C)(=O)=O)CC1.Cl. The largest absolute Gasteiger partial charge is 0.496 e. The lowest BCUT2D eigenvalue weighted by atomic mass is 10.0. The Morgan fingerprint density at radius 2 is 1.96 bits per heavy atom. The van der Waals surface area contributed by atoms with E-state index >= 15 is 0 Å². The fourth-order valence-electron chi connectivity index (χ4n) is 3.29. The van der Waals surface area contributed by atoms with Gasteiger partial charge in [0.1, 0.15) is 5.75 Å². The lowest BCUT2D eigenvalue weighted by molar-refractivity contribution is 0.0974. The summed E-state index contributed by atoms with van der Waals surface area (Å²) in [5, 5.41) is 0.352. The Balaban J connectivity index is 0.00000392. The zero-order valence-corrected chi connectivity index (χ0v) is 18.6. The molecule has 1 heterocycles. The van der Waals surface area contributed by atoms with Crippen LogP contribution in [0.4, 0.5) is 5.69 Å². The van der Waals surface area contributed by atoms with E-state index in [1.54, 1.807) is 12.1 Å². The predicted octanol–water partition coefficient (Wildman–Crippen LogP) is 2.72. The maximum atomic E-state index is 12.5. The highest BCUT2D eigenvalue weighted by molar-refractivity contribution is 7.88. The number of nitrogens with zero attached hydrogens (tertiary/aromatic N) is 1. The van der Waals surface area contributed by atoms with E-state index in [0.29, 0.717) is 28.4 Å². The van der Waals surface area contributed by atoms with Gasteiger partial charge >= 0.3 is 0 Å². The number of Topliss-reactive ketones (excluding diaryl/α,β-unsaturated/α-hetero) is 1. The maximum absolute atomic E-state index is 12.5. The van der Waals surface area contributed by atoms with Gasteiger partial charge < -0.3 is 15.4 Å². The molecule has 0 bridgehead atoms. The number of unbranched alkanes of at least 4 members (excludes halogenated alkanes) is 1. The summed E-state index contributed by atoms with van der Waals surface area (Å²) < 4.78 is 30.5. The van der Waals surface area contributed by atoms with E-state index in [9.17, 15) is 13.2 Å². The van der Waals surface area contributed by atoms with E-state index in [1.165, 1.54) is 13.4 Å².